The molecule has 0 spiro atoms. The fourth-order valence-electron chi connectivity index (χ4n) is 3.30. The van der Waals surface area contributed by atoms with E-state index in [1.807, 2.05) is 18.2 Å². The molecule has 22 heavy (non-hydrogen) atoms. The van der Waals surface area contributed by atoms with Crippen LogP contribution in [0.15, 0.2) is 48.5 Å². The Morgan fingerprint density at radius 3 is 2.73 bits per heavy atom. The van der Waals surface area contributed by atoms with Gasteiger partial charge in [-0.05, 0) is 66.8 Å². The fourth-order valence-corrected chi connectivity index (χ4v) is 3.30. The lowest BCUT2D eigenvalue weighted by atomic mass is 9.80. The second-order valence-electron chi connectivity index (χ2n) is 6.06. The van der Waals surface area contributed by atoms with Crippen molar-refractivity contribution >= 4 is 5.91 Å². The van der Waals surface area contributed by atoms with Gasteiger partial charge in [0.1, 0.15) is 0 Å². The van der Waals surface area contributed by atoms with Crippen LogP contribution in [0.3, 0.4) is 0 Å². The summed E-state index contributed by atoms with van der Waals surface area (Å²) >= 11 is 0. The van der Waals surface area contributed by atoms with E-state index < -0.39 is 5.91 Å². The second kappa shape index (κ2) is 6.75. The van der Waals surface area contributed by atoms with E-state index in [1.54, 1.807) is 11.5 Å². The van der Waals surface area contributed by atoms with Gasteiger partial charge in [0, 0.05) is 5.56 Å². The van der Waals surface area contributed by atoms with Crippen molar-refractivity contribution in [3.8, 4) is 0 Å². The molecule has 3 rings (SSSR count). The molecule has 3 heteroatoms. The van der Waals surface area contributed by atoms with Crippen LogP contribution >= 0.6 is 0 Å². The van der Waals surface area contributed by atoms with Gasteiger partial charge in [-0.25, -0.2) is 5.48 Å². The van der Waals surface area contributed by atoms with Gasteiger partial charge in [0.15, 0.2) is 0 Å². The van der Waals surface area contributed by atoms with Gasteiger partial charge in [-0.2, -0.15) is 0 Å². The van der Waals surface area contributed by atoms with Crippen molar-refractivity contribution in [2.45, 2.75) is 32.1 Å². The predicted molar refractivity (Wildman–Crippen MR) is 86.0 cm³/mol. The van der Waals surface area contributed by atoms with Crippen LogP contribution in [-0.2, 0) is 19.3 Å². The fraction of sp³-hybridized carbons (Fsp3) is 0.316. The third-order valence-corrected chi connectivity index (χ3v) is 4.58. The average Bonchev–Trinajstić information content (AvgIpc) is 2.59. The van der Waals surface area contributed by atoms with Gasteiger partial charge in [-0.15, -0.1) is 0 Å². The number of carbonyl (C=O) groups is 1. The van der Waals surface area contributed by atoms with Crippen molar-refractivity contribution in [3.63, 3.8) is 0 Å². The van der Waals surface area contributed by atoms with Crippen LogP contribution in [-0.4, -0.2) is 11.1 Å². The van der Waals surface area contributed by atoms with E-state index in [2.05, 4.69) is 24.3 Å². The number of hydroxylamine groups is 1. The van der Waals surface area contributed by atoms with E-state index in [4.69, 9.17) is 5.21 Å². The Kier molecular flexibility index (Phi) is 4.54. The molecule has 0 fully saturated rings. The van der Waals surface area contributed by atoms with Crippen LogP contribution in [0.2, 0.25) is 0 Å². The monoisotopic (exact) mass is 295 g/mol. The van der Waals surface area contributed by atoms with Gasteiger partial charge >= 0.3 is 0 Å². The molecule has 0 saturated carbocycles. The number of benzene rings is 2. The van der Waals surface area contributed by atoms with E-state index in [9.17, 15) is 4.79 Å². The number of hydrogen-bond donors (Lipinski definition) is 2. The Bertz CT molecular complexity index is 652. The van der Waals surface area contributed by atoms with E-state index in [1.165, 1.54) is 29.5 Å². The minimum Gasteiger partial charge on any atom is -0.288 e. The Hall–Kier alpha value is -2.13. The molecule has 1 amide bonds. The van der Waals surface area contributed by atoms with Gasteiger partial charge in [-0.1, -0.05) is 36.4 Å². The number of carbonyl (C=O) groups excluding carboxylic acids is 1. The second-order valence-corrected chi connectivity index (χ2v) is 6.06. The number of fused-ring (bicyclic) bond motifs is 1. The molecule has 0 bridgehead atoms. The number of amides is 1. The zero-order chi connectivity index (χ0) is 15.4. The summed E-state index contributed by atoms with van der Waals surface area (Å²) in [6, 6.07) is 16.3. The summed E-state index contributed by atoms with van der Waals surface area (Å²) in [5.74, 6) is 0.231. The minimum atomic E-state index is -0.436. The third kappa shape index (κ3) is 3.37. The topological polar surface area (TPSA) is 49.3 Å². The molecular weight excluding hydrogens is 274 g/mol. The maximum Gasteiger partial charge on any atom is 0.274 e. The molecule has 1 atom stereocenters. The van der Waals surface area contributed by atoms with Gasteiger partial charge in [0.05, 0.1) is 0 Å². The standard InChI is InChI=1S/C19H21NO2/c21-19(20-22)17-11-10-16-9-8-15(12-18(16)13-17)7-6-14-4-2-1-3-5-14/h1-5,10-11,13,15,22H,6-9,12H2,(H,20,21). The summed E-state index contributed by atoms with van der Waals surface area (Å²) < 4.78 is 0. The molecule has 114 valence electrons. The largest absolute Gasteiger partial charge is 0.288 e. The van der Waals surface area contributed by atoms with Crippen LogP contribution in [0.4, 0.5) is 0 Å². The molecule has 3 nitrogen and oxygen atoms in total. The van der Waals surface area contributed by atoms with Crippen LogP contribution < -0.4 is 5.48 Å². The molecule has 2 aromatic carbocycles. The van der Waals surface area contributed by atoms with E-state index >= 15 is 0 Å². The first-order valence-electron chi connectivity index (χ1n) is 7.86. The van der Waals surface area contributed by atoms with Gasteiger partial charge in [-0.3, -0.25) is 10.0 Å². The minimum absolute atomic E-state index is 0.436. The number of rotatable bonds is 4. The third-order valence-electron chi connectivity index (χ3n) is 4.58. The number of hydrogen-bond acceptors (Lipinski definition) is 2. The van der Waals surface area contributed by atoms with E-state index in [0.29, 0.717) is 11.5 Å². The maximum absolute atomic E-state index is 11.5. The highest BCUT2D eigenvalue weighted by Crippen LogP contribution is 2.29. The van der Waals surface area contributed by atoms with Gasteiger partial charge < -0.3 is 0 Å². The van der Waals surface area contributed by atoms with Crippen molar-refractivity contribution in [1.29, 1.82) is 0 Å². The summed E-state index contributed by atoms with van der Waals surface area (Å²) in [5, 5.41) is 8.76. The first-order chi connectivity index (χ1) is 10.8. The highest BCUT2D eigenvalue weighted by Gasteiger charge is 2.19. The summed E-state index contributed by atoms with van der Waals surface area (Å²) in [4.78, 5) is 11.5. The lowest BCUT2D eigenvalue weighted by molar-refractivity contribution is 0.0706. The number of aryl methyl sites for hydroxylation is 2. The molecule has 0 heterocycles. The summed E-state index contributed by atoms with van der Waals surface area (Å²) in [5.41, 5.74) is 6.22. The smallest absolute Gasteiger partial charge is 0.274 e. The van der Waals surface area contributed by atoms with Crippen molar-refractivity contribution in [2.24, 2.45) is 5.92 Å². The summed E-state index contributed by atoms with van der Waals surface area (Å²) in [6.45, 7) is 0. The van der Waals surface area contributed by atoms with Crippen molar-refractivity contribution in [3.05, 3.63) is 70.8 Å². The summed E-state index contributed by atoms with van der Waals surface area (Å²) in [7, 11) is 0. The van der Waals surface area contributed by atoms with Crippen LogP contribution in [0.25, 0.3) is 0 Å². The predicted octanol–water partition coefficient (Wildman–Crippen LogP) is 3.54. The SMILES string of the molecule is O=C(NO)c1ccc2c(c1)CC(CCc1ccccc1)CC2. The summed E-state index contributed by atoms with van der Waals surface area (Å²) in [6.07, 6.45) is 5.60. The van der Waals surface area contributed by atoms with Crippen LogP contribution in [0, 0.1) is 5.92 Å². The molecule has 0 aliphatic heterocycles. The lowest BCUT2D eigenvalue weighted by Crippen LogP contribution is -2.20. The first kappa shape index (κ1) is 14.8. The van der Waals surface area contributed by atoms with E-state index in [0.717, 1.165) is 19.3 Å². The molecule has 1 aliphatic carbocycles. The normalized spacial score (nSPS) is 16.9. The molecular formula is C19H21NO2. The molecule has 1 aliphatic rings. The first-order valence-corrected chi connectivity index (χ1v) is 7.86. The molecule has 0 aromatic heterocycles. The Morgan fingerprint density at radius 1 is 1.14 bits per heavy atom. The molecule has 1 unspecified atom stereocenters. The highest BCUT2D eigenvalue weighted by molar-refractivity contribution is 5.93. The Morgan fingerprint density at radius 2 is 1.95 bits per heavy atom. The molecule has 2 N–H and O–H groups in total. The van der Waals surface area contributed by atoms with Gasteiger partial charge in [0.25, 0.3) is 5.91 Å². The van der Waals surface area contributed by atoms with Gasteiger partial charge in [0.2, 0.25) is 0 Å². The number of nitrogens with one attached hydrogen (secondary N) is 1. The Labute approximate surface area is 130 Å². The van der Waals surface area contributed by atoms with Crippen molar-refractivity contribution < 1.29 is 10.0 Å². The van der Waals surface area contributed by atoms with Crippen LogP contribution in [0.5, 0.6) is 0 Å². The zero-order valence-corrected chi connectivity index (χ0v) is 12.6. The zero-order valence-electron chi connectivity index (χ0n) is 12.6. The van der Waals surface area contributed by atoms with E-state index in [-0.39, 0.29) is 0 Å². The lowest BCUT2D eigenvalue weighted by Gasteiger charge is -2.25. The van der Waals surface area contributed by atoms with Crippen molar-refractivity contribution in [2.75, 3.05) is 0 Å². The van der Waals surface area contributed by atoms with Crippen LogP contribution in [0.1, 0.15) is 39.9 Å². The molecule has 0 saturated heterocycles. The molecule has 2 aromatic rings. The maximum atomic E-state index is 11.5. The quantitative estimate of drug-likeness (QED) is 0.669. The Balaban J connectivity index is 1.66. The highest BCUT2D eigenvalue weighted by atomic mass is 16.5. The van der Waals surface area contributed by atoms with Crippen molar-refractivity contribution in [1.82, 2.24) is 5.48 Å². The average molecular weight is 295 g/mol. The molecule has 0 radical (unpaired) electrons.